The zero-order valence-electron chi connectivity index (χ0n) is 14.2. The monoisotopic (exact) mass is 356 g/mol. The number of hydrogen-bond donors (Lipinski definition) is 1. The van der Waals surface area contributed by atoms with Crippen LogP contribution in [0.25, 0.3) is 10.8 Å². The molecule has 0 radical (unpaired) electrons. The molecule has 3 rings (SSSR count). The number of hydrogen-bond acceptors (Lipinski definition) is 5. The molecule has 0 fully saturated rings. The second kappa shape index (κ2) is 7.31. The van der Waals surface area contributed by atoms with E-state index in [-0.39, 0.29) is 23.0 Å². The van der Waals surface area contributed by atoms with Gasteiger partial charge in [-0.3, -0.25) is 4.79 Å². The van der Waals surface area contributed by atoms with Gasteiger partial charge < -0.3 is 9.84 Å². The molecule has 1 heterocycles. The predicted molar refractivity (Wildman–Crippen MR) is 99.8 cm³/mol. The Balaban J connectivity index is 1.80. The van der Waals surface area contributed by atoms with Gasteiger partial charge in [0.15, 0.2) is 17.6 Å². The Labute approximate surface area is 150 Å². The minimum atomic E-state index is -0.721. The zero-order valence-corrected chi connectivity index (χ0v) is 15.0. The van der Waals surface area contributed by atoms with Crippen molar-refractivity contribution in [1.82, 2.24) is 0 Å². The lowest BCUT2D eigenvalue weighted by atomic mass is 9.99. The van der Waals surface area contributed by atoms with Gasteiger partial charge in [0.1, 0.15) is 5.57 Å². The summed E-state index contributed by atoms with van der Waals surface area (Å²) in [5, 5.41) is 12.6. The van der Waals surface area contributed by atoms with Crippen molar-refractivity contribution in [3.63, 3.8) is 0 Å². The second-order valence-corrected chi connectivity index (χ2v) is 7.49. The van der Waals surface area contributed by atoms with Crippen LogP contribution in [0.1, 0.15) is 18.9 Å². The van der Waals surface area contributed by atoms with Crippen LogP contribution in [0.5, 0.6) is 0 Å². The lowest BCUT2D eigenvalue weighted by Gasteiger charge is -2.13. The molecule has 130 valence electrons. The van der Waals surface area contributed by atoms with Gasteiger partial charge in [0.05, 0.1) is 0 Å². The number of aliphatic hydroxyl groups excluding tert-OH is 1. The van der Waals surface area contributed by atoms with Gasteiger partial charge >= 0.3 is 5.97 Å². The SMILES string of the molecule is CSC(C)CC1OC(=O)C(C(=O)Cc2ccc3ccccc3c2)=C1O. The molecule has 0 saturated heterocycles. The summed E-state index contributed by atoms with van der Waals surface area (Å²) in [6.45, 7) is 1.99. The fourth-order valence-electron chi connectivity index (χ4n) is 2.95. The number of benzene rings is 2. The molecule has 4 nitrogen and oxygen atoms in total. The molecule has 2 unspecified atom stereocenters. The highest BCUT2D eigenvalue weighted by atomic mass is 32.2. The van der Waals surface area contributed by atoms with E-state index in [0.717, 1.165) is 16.3 Å². The first-order valence-corrected chi connectivity index (χ1v) is 9.46. The van der Waals surface area contributed by atoms with E-state index >= 15 is 0 Å². The maximum atomic E-state index is 12.5. The molecule has 0 saturated carbocycles. The molecule has 0 amide bonds. The number of fused-ring (bicyclic) bond motifs is 1. The Hall–Kier alpha value is -2.27. The fourth-order valence-corrected chi connectivity index (χ4v) is 3.31. The number of ketones is 1. The molecule has 0 bridgehead atoms. The number of cyclic esters (lactones) is 1. The van der Waals surface area contributed by atoms with Crippen molar-refractivity contribution in [3.8, 4) is 0 Å². The maximum absolute atomic E-state index is 12.5. The van der Waals surface area contributed by atoms with Crippen molar-refractivity contribution in [2.24, 2.45) is 0 Å². The molecular formula is C20H20O4S. The fraction of sp³-hybridized carbons (Fsp3) is 0.300. The summed E-state index contributed by atoms with van der Waals surface area (Å²) in [7, 11) is 0. The first kappa shape index (κ1) is 17.5. The lowest BCUT2D eigenvalue weighted by Crippen LogP contribution is -2.16. The van der Waals surface area contributed by atoms with Crippen LogP contribution in [0.3, 0.4) is 0 Å². The Kier molecular flexibility index (Phi) is 5.13. The van der Waals surface area contributed by atoms with Crippen LogP contribution in [0.15, 0.2) is 53.8 Å². The quantitative estimate of drug-likeness (QED) is 0.629. The van der Waals surface area contributed by atoms with Gasteiger partial charge in [-0.1, -0.05) is 49.4 Å². The standard InChI is InChI=1S/C20H20O4S/c1-12(25-2)9-17-19(22)18(20(23)24-17)16(21)11-13-7-8-14-5-3-4-6-15(14)10-13/h3-8,10,12,17,22H,9,11H2,1-2H3. The summed E-state index contributed by atoms with van der Waals surface area (Å²) in [4.78, 5) is 24.6. The zero-order chi connectivity index (χ0) is 18.0. The Morgan fingerprint density at radius 3 is 2.68 bits per heavy atom. The number of carbonyl (C=O) groups excluding carboxylic acids is 2. The molecule has 0 aromatic heterocycles. The number of thioether (sulfide) groups is 1. The van der Waals surface area contributed by atoms with Gasteiger partial charge in [-0.2, -0.15) is 11.8 Å². The van der Waals surface area contributed by atoms with Crippen molar-refractivity contribution in [3.05, 3.63) is 59.4 Å². The van der Waals surface area contributed by atoms with Gasteiger partial charge in [0.2, 0.25) is 0 Å². The number of esters is 1. The van der Waals surface area contributed by atoms with E-state index in [4.69, 9.17) is 4.74 Å². The number of Topliss-reactive ketones (excluding diaryl/α,β-unsaturated/α-hetero) is 1. The number of rotatable bonds is 6. The van der Waals surface area contributed by atoms with Crippen LogP contribution in [-0.2, 0) is 20.7 Å². The Morgan fingerprint density at radius 2 is 1.96 bits per heavy atom. The van der Waals surface area contributed by atoms with Crippen LogP contribution in [0.2, 0.25) is 0 Å². The van der Waals surface area contributed by atoms with Gasteiger partial charge in [0.25, 0.3) is 0 Å². The van der Waals surface area contributed by atoms with Crippen molar-refractivity contribution < 1.29 is 19.4 Å². The van der Waals surface area contributed by atoms with Gasteiger partial charge in [0, 0.05) is 18.1 Å². The van der Waals surface area contributed by atoms with E-state index in [1.54, 1.807) is 11.8 Å². The largest absolute Gasteiger partial charge is 0.507 e. The van der Waals surface area contributed by atoms with Crippen molar-refractivity contribution >= 4 is 34.3 Å². The normalized spacial score (nSPS) is 18.5. The van der Waals surface area contributed by atoms with Crippen LogP contribution in [0.4, 0.5) is 0 Å². The maximum Gasteiger partial charge on any atom is 0.346 e. The average molecular weight is 356 g/mol. The third kappa shape index (κ3) is 3.71. The molecular weight excluding hydrogens is 336 g/mol. The molecule has 1 aliphatic rings. The lowest BCUT2D eigenvalue weighted by molar-refractivity contribution is -0.141. The minimum Gasteiger partial charge on any atom is -0.507 e. The number of ether oxygens (including phenoxy) is 1. The van der Waals surface area contributed by atoms with Crippen LogP contribution < -0.4 is 0 Å². The third-order valence-electron chi connectivity index (χ3n) is 4.42. The summed E-state index contributed by atoms with van der Waals surface area (Å²) in [6, 6.07) is 13.6. The smallest absolute Gasteiger partial charge is 0.346 e. The van der Waals surface area contributed by atoms with E-state index in [0.29, 0.717) is 6.42 Å². The second-order valence-electron chi connectivity index (χ2n) is 6.22. The van der Waals surface area contributed by atoms with Crippen molar-refractivity contribution in [1.29, 1.82) is 0 Å². The summed E-state index contributed by atoms with van der Waals surface area (Å²) < 4.78 is 5.19. The highest BCUT2D eigenvalue weighted by Gasteiger charge is 2.38. The van der Waals surface area contributed by atoms with Crippen LogP contribution in [-0.4, -0.2) is 34.5 Å². The van der Waals surface area contributed by atoms with Crippen LogP contribution in [0, 0.1) is 0 Å². The molecule has 2 atom stereocenters. The van der Waals surface area contributed by atoms with Gasteiger partial charge in [-0.05, 0) is 22.6 Å². The van der Waals surface area contributed by atoms with Crippen LogP contribution >= 0.6 is 11.8 Å². The molecule has 0 aliphatic carbocycles. The van der Waals surface area contributed by atoms with Gasteiger partial charge in [-0.15, -0.1) is 0 Å². The van der Waals surface area contributed by atoms with Crippen molar-refractivity contribution in [2.45, 2.75) is 31.1 Å². The summed E-state index contributed by atoms with van der Waals surface area (Å²) >= 11 is 1.62. The van der Waals surface area contributed by atoms with E-state index in [9.17, 15) is 14.7 Å². The minimum absolute atomic E-state index is 0.0597. The summed E-state index contributed by atoms with van der Waals surface area (Å²) in [5.74, 6) is -1.35. The molecule has 5 heteroatoms. The predicted octanol–water partition coefficient (Wildman–Crippen LogP) is 3.83. The molecule has 1 N–H and O–H groups in total. The molecule has 2 aromatic carbocycles. The van der Waals surface area contributed by atoms with E-state index in [1.165, 1.54) is 0 Å². The van der Waals surface area contributed by atoms with Gasteiger partial charge in [-0.25, -0.2) is 4.79 Å². The molecule has 0 spiro atoms. The molecule has 2 aromatic rings. The van der Waals surface area contributed by atoms with E-state index in [1.807, 2.05) is 55.6 Å². The number of carbonyl (C=O) groups is 2. The topological polar surface area (TPSA) is 63.6 Å². The molecule has 1 aliphatic heterocycles. The van der Waals surface area contributed by atoms with Crippen molar-refractivity contribution in [2.75, 3.05) is 6.26 Å². The van der Waals surface area contributed by atoms with E-state index in [2.05, 4.69) is 0 Å². The summed E-state index contributed by atoms with van der Waals surface area (Å²) in [6.07, 6.45) is 1.79. The first-order valence-electron chi connectivity index (χ1n) is 8.17. The first-order chi connectivity index (χ1) is 12.0. The molecule has 25 heavy (non-hydrogen) atoms. The highest BCUT2D eigenvalue weighted by molar-refractivity contribution is 7.99. The highest BCUT2D eigenvalue weighted by Crippen LogP contribution is 2.28. The van der Waals surface area contributed by atoms with E-state index < -0.39 is 17.9 Å². The average Bonchev–Trinajstić information content (AvgIpc) is 2.88. The summed E-state index contributed by atoms with van der Waals surface area (Å²) in [5.41, 5.74) is 0.601. The number of aliphatic hydroxyl groups is 1. The Morgan fingerprint density at radius 1 is 1.24 bits per heavy atom. The Bertz CT molecular complexity index is 856. The third-order valence-corrected chi connectivity index (χ3v) is 5.42.